The van der Waals surface area contributed by atoms with Crippen molar-refractivity contribution in [2.45, 2.75) is 20.3 Å². The maximum Gasteiger partial charge on any atom is 0.0694 e. The van der Waals surface area contributed by atoms with Gasteiger partial charge in [-0.05, 0) is 30.4 Å². The van der Waals surface area contributed by atoms with Gasteiger partial charge in [-0.1, -0.05) is 49.5 Å². The van der Waals surface area contributed by atoms with Crippen LogP contribution < -0.4 is 5.32 Å². The number of thioether (sulfide) groups is 1. The van der Waals surface area contributed by atoms with Gasteiger partial charge in [0.05, 0.1) is 5.03 Å². The highest BCUT2D eigenvalue weighted by molar-refractivity contribution is 8.05. The van der Waals surface area contributed by atoms with Crippen LogP contribution in [0.5, 0.6) is 0 Å². The van der Waals surface area contributed by atoms with Crippen LogP contribution in [0.1, 0.15) is 19.4 Å². The van der Waals surface area contributed by atoms with Gasteiger partial charge < -0.3 is 5.32 Å². The second-order valence-corrected chi connectivity index (χ2v) is 4.15. The van der Waals surface area contributed by atoms with Crippen molar-refractivity contribution < 1.29 is 0 Å². The number of rotatable bonds is 5. The number of aryl methyl sites for hydroxylation is 1. The van der Waals surface area contributed by atoms with Crippen LogP contribution in [0.4, 0.5) is 5.69 Å². The number of anilines is 1. The van der Waals surface area contributed by atoms with Crippen LogP contribution in [0.15, 0.2) is 47.4 Å². The number of hydrogen-bond donors (Lipinski definition) is 1. The van der Waals surface area contributed by atoms with Crippen molar-refractivity contribution in [1.29, 1.82) is 0 Å². The average molecular weight is 219 g/mol. The fourth-order valence-corrected chi connectivity index (χ4v) is 1.75. The van der Waals surface area contributed by atoms with Crippen LogP contribution in [-0.4, -0.2) is 0 Å². The SMILES string of the molecule is C=C(Nc1ccccc1CC)S/C=C\C. The zero-order valence-electron chi connectivity index (χ0n) is 9.29. The van der Waals surface area contributed by atoms with Gasteiger partial charge in [0.2, 0.25) is 0 Å². The van der Waals surface area contributed by atoms with Crippen LogP contribution >= 0.6 is 11.8 Å². The fourth-order valence-electron chi connectivity index (χ4n) is 1.28. The average Bonchev–Trinajstić information content (AvgIpc) is 2.27. The lowest BCUT2D eigenvalue weighted by Gasteiger charge is -2.10. The monoisotopic (exact) mass is 219 g/mol. The molecule has 1 N–H and O–H groups in total. The zero-order valence-corrected chi connectivity index (χ0v) is 10.1. The lowest BCUT2D eigenvalue weighted by Crippen LogP contribution is -1.97. The smallest absolute Gasteiger partial charge is 0.0694 e. The van der Waals surface area contributed by atoms with Crippen molar-refractivity contribution in [2.24, 2.45) is 0 Å². The number of para-hydroxylation sites is 1. The highest BCUT2D eigenvalue weighted by Crippen LogP contribution is 2.22. The van der Waals surface area contributed by atoms with E-state index in [4.69, 9.17) is 0 Å². The van der Waals surface area contributed by atoms with Crippen LogP contribution in [0.25, 0.3) is 0 Å². The molecule has 0 saturated heterocycles. The van der Waals surface area contributed by atoms with Crippen LogP contribution in [0.3, 0.4) is 0 Å². The van der Waals surface area contributed by atoms with Gasteiger partial charge in [0, 0.05) is 5.69 Å². The molecule has 0 radical (unpaired) electrons. The molecule has 0 unspecified atom stereocenters. The van der Waals surface area contributed by atoms with Crippen molar-refractivity contribution >= 4 is 17.4 Å². The first-order valence-corrected chi connectivity index (χ1v) is 5.97. The Morgan fingerprint density at radius 1 is 1.47 bits per heavy atom. The van der Waals surface area contributed by atoms with Crippen LogP contribution in [0.2, 0.25) is 0 Å². The molecule has 0 spiro atoms. The summed E-state index contributed by atoms with van der Waals surface area (Å²) in [6.07, 6.45) is 3.04. The Hall–Kier alpha value is -1.15. The molecule has 0 atom stereocenters. The summed E-state index contributed by atoms with van der Waals surface area (Å²) >= 11 is 1.60. The van der Waals surface area contributed by atoms with Crippen molar-refractivity contribution in [2.75, 3.05) is 5.32 Å². The van der Waals surface area contributed by atoms with E-state index in [1.54, 1.807) is 11.8 Å². The highest BCUT2D eigenvalue weighted by Gasteiger charge is 1.99. The molecule has 0 fully saturated rings. The van der Waals surface area contributed by atoms with Crippen molar-refractivity contribution in [1.82, 2.24) is 0 Å². The molecule has 0 aromatic heterocycles. The van der Waals surface area contributed by atoms with E-state index < -0.39 is 0 Å². The minimum absolute atomic E-state index is 0.953. The third-order valence-electron chi connectivity index (χ3n) is 2.02. The Labute approximate surface area is 96.3 Å². The van der Waals surface area contributed by atoms with E-state index in [0.29, 0.717) is 0 Å². The Bertz CT molecular complexity index is 355. The minimum Gasteiger partial charge on any atom is -0.350 e. The molecule has 0 heterocycles. The Morgan fingerprint density at radius 2 is 2.20 bits per heavy atom. The Balaban J connectivity index is 2.67. The fraction of sp³-hybridized carbons (Fsp3) is 0.231. The number of nitrogens with one attached hydrogen (secondary N) is 1. The predicted molar refractivity (Wildman–Crippen MR) is 71.0 cm³/mol. The van der Waals surface area contributed by atoms with E-state index >= 15 is 0 Å². The molecule has 0 bridgehead atoms. The molecular formula is C13H17NS. The summed E-state index contributed by atoms with van der Waals surface area (Å²) in [6, 6.07) is 8.32. The molecule has 1 nitrogen and oxygen atoms in total. The van der Waals surface area contributed by atoms with Gasteiger partial charge in [0.1, 0.15) is 0 Å². The summed E-state index contributed by atoms with van der Waals surface area (Å²) in [7, 11) is 0. The quantitative estimate of drug-likeness (QED) is 0.787. The maximum absolute atomic E-state index is 3.96. The van der Waals surface area contributed by atoms with Gasteiger partial charge in [0.15, 0.2) is 0 Å². The lowest BCUT2D eigenvalue weighted by atomic mass is 10.1. The first-order valence-electron chi connectivity index (χ1n) is 5.09. The van der Waals surface area contributed by atoms with Gasteiger partial charge in [-0.25, -0.2) is 0 Å². The normalized spacial score (nSPS) is 10.5. The lowest BCUT2D eigenvalue weighted by molar-refractivity contribution is 1.14. The molecule has 1 aromatic rings. The summed E-state index contributed by atoms with van der Waals surface area (Å²) in [4.78, 5) is 0. The van der Waals surface area contributed by atoms with E-state index in [9.17, 15) is 0 Å². The van der Waals surface area contributed by atoms with E-state index in [1.807, 2.05) is 24.5 Å². The van der Waals surface area contributed by atoms with Gasteiger partial charge >= 0.3 is 0 Å². The second-order valence-electron chi connectivity index (χ2n) is 3.15. The van der Waals surface area contributed by atoms with Crippen LogP contribution in [-0.2, 0) is 6.42 Å². The van der Waals surface area contributed by atoms with Gasteiger partial charge in [-0.15, -0.1) is 0 Å². The number of hydrogen-bond acceptors (Lipinski definition) is 2. The van der Waals surface area contributed by atoms with E-state index in [1.165, 1.54) is 5.56 Å². The maximum atomic E-state index is 3.96. The molecule has 0 amide bonds. The van der Waals surface area contributed by atoms with E-state index in [-0.39, 0.29) is 0 Å². The standard InChI is InChI=1S/C13H17NS/c1-4-10-15-11(3)14-13-9-7-6-8-12(13)5-2/h4,6-10,14H,3,5H2,1-2H3/b10-4-. The minimum atomic E-state index is 0.953. The molecule has 1 aromatic carbocycles. The Morgan fingerprint density at radius 3 is 2.87 bits per heavy atom. The van der Waals surface area contributed by atoms with Crippen molar-refractivity contribution in [3.8, 4) is 0 Å². The molecule has 80 valence electrons. The summed E-state index contributed by atoms with van der Waals surface area (Å²) in [5, 5.41) is 6.28. The van der Waals surface area contributed by atoms with E-state index in [0.717, 1.165) is 17.1 Å². The Kier molecular flexibility index (Phi) is 5.05. The highest BCUT2D eigenvalue weighted by atomic mass is 32.2. The first kappa shape index (κ1) is 11.9. The summed E-state index contributed by atoms with van der Waals surface area (Å²) in [6.45, 7) is 8.12. The molecular weight excluding hydrogens is 202 g/mol. The molecule has 15 heavy (non-hydrogen) atoms. The third-order valence-corrected chi connectivity index (χ3v) is 2.81. The number of allylic oxidation sites excluding steroid dienone is 1. The second kappa shape index (κ2) is 6.36. The summed E-state index contributed by atoms with van der Waals surface area (Å²) in [5.41, 5.74) is 2.47. The van der Waals surface area contributed by atoms with Gasteiger partial charge in [-0.2, -0.15) is 0 Å². The molecule has 0 aliphatic heterocycles. The van der Waals surface area contributed by atoms with Gasteiger partial charge in [-0.3, -0.25) is 0 Å². The van der Waals surface area contributed by atoms with Gasteiger partial charge in [0.25, 0.3) is 0 Å². The molecule has 0 saturated carbocycles. The van der Waals surface area contributed by atoms with E-state index in [2.05, 4.69) is 37.0 Å². The van der Waals surface area contributed by atoms with Crippen LogP contribution in [0, 0.1) is 0 Å². The largest absolute Gasteiger partial charge is 0.350 e. The first-order chi connectivity index (χ1) is 7.27. The van der Waals surface area contributed by atoms with Crippen molar-refractivity contribution in [3.05, 3.63) is 52.9 Å². The predicted octanol–water partition coefficient (Wildman–Crippen LogP) is 4.40. The summed E-state index contributed by atoms with van der Waals surface area (Å²) < 4.78 is 0. The zero-order chi connectivity index (χ0) is 11.1. The number of benzene rings is 1. The molecule has 0 aliphatic carbocycles. The topological polar surface area (TPSA) is 12.0 Å². The molecule has 1 rings (SSSR count). The molecule has 0 aliphatic rings. The summed E-state index contributed by atoms with van der Waals surface area (Å²) in [5.74, 6) is 0. The molecule has 2 heteroatoms. The third kappa shape index (κ3) is 3.84. The van der Waals surface area contributed by atoms with Crippen molar-refractivity contribution in [3.63, 3.8) is 0 Å².